The number of para-hydroxylation sites is 1. The van der Waals surface area contributed by atoms with E-state index in [4.69, 9.17) is 11.6 Å². The highest BCUT2D eigenvalue weighted by atomic mass is 79.9. The van der Waals surface area contributed by atoms with Crippen molar-refractivity contribution < 1.29 is 21.5 Å². The predicted octanol–water partition coefficient (Wildman–Crippen LogP) is 0.894. The van der Waals surface area contributed by atoms with Crippen LogP contribution in [0.1, 0.15) is 5.56 Å². The zero-order chi connectivity index (χ0) is 11.7. The maximum Gasteiger partial charge on any atom is 0.226 e. The minimum Gasteiger partial charge on any atom is -1.00 e. The van der Waals surface area contributed by atoms with Gasteiger partial charge < -0.3 is 17.0 Å². The van der Waals surface area contributed by atoms with Gasteiger partial charge in [0.25, 0.3) is 0 Å². The number of hydrogen-bond donors (Lipinski definition) is 0. The Bertz CT molecular complexity index is 665. The van der Waals surface area contributed by atoms with Crippen molar-refractivity contribution in [1.82, 2.24) is 0 Å². The molecule has 0 amide bonds. The molecule has 0 atom stereocenters. The van der Waals surface area contributed by atoms with Crippen molar-refractivity contribution in [2.75, 3.05) is 0 Å². The number of hydrogen-bond acceptors (Lipinski definition) is 1. The first-order chi connectivity index (χ1) is 8.33. The lowest BCUT2D eigenvalue weighted by Gasteiger charge is -1.97. The molecule has 3 rings (SSSR count). The van der Waals surface area contributed by atoms with Crippen LogP contribution in [0.25, 0.3) is 10.2 Å². The van der Waals surface area contributed by atoms with Crippen LogP contribution < -0.4 is 21.5 Å². The topological polar surface area (TPSA) is 3.88 Å². The molecule has 18 heavy (non-hydrogen) atoms. The van der Waals surface area contributed by atoms with Gasteiger partial charge in [-0.05, 0) is 18.2 Å². The van der Waals surface area contributed by atoms with E-state index >= 15 is 0 Å². The molecular weight excluding hydrogens is 330 g/mol. The third-order valence-corrected chi connectivity index (χ3v) is 3.92. The number of aromatic nitrogens is 1. The lowest BCUT2D eigenvalue weighted by Crippen LogP contribution is -3.00. The summed E-state index contributed by atoms with van der Waals surface area (Å²) in [6.07, 6.45) is 0. The Hall–Kier alpha value is -0.900. The van der Waals surface area contributed by atoms with Crippen LogP contribution in [0.3, 0.4) is 0 Å². The molecule has 0 saturated heterocycles. The zero-order valence-corrected chi connectivity index (χ0v) is 12.7. The Kier molecular flexibility index (Phi) is 4.38. The number of nitrogens with zero attached hydrogens (tertiary/aromatic N) is 1. The maximum absolute atomic E-state index is 6.00. The Labute approximate surface area is 125 Å². The third kappa shape index (κ3) is 2.74. The molecule has 1 heterocycles. The fourth-order valence-corrected chi connectivity index (χ4v) is 3.03. The summed E-state index contributed by atoms with van der Waals surface area (Å²) in [5, 5.41) is 0.794. The number of fused-ring (bicyclic) bond motifs is 1. The lowest BCUT2D eigenvalue weighted by molar-refractivity contribution is -0.658. The summed E-state index contributed by atoms with van der Waals surface area (Å²) in [4.78, 5) is 0. The van der Waals surface area contributed by atoms with E-state index in [1.807, 2.05) is 18.2 Å². The second-order valence-electron chi connectivity index (χ2n) is 3.95. The molecule has 4 heteroatoms. The molecule has 92 valence electrons. The van der Waals surface area contributed by atoms with Gasteiger partial charge in [-0.2, -0.15) is 4.57 Å². The van der Waals surface area contributed by atoms with Crippen LogP contribution in [-0.4, -0.2) is 0 Å². The Morgan fingerprint density at radius 1 is 1.06 bits per heavy atom. The fraction of sp³-hybridized carbons (Fsp3) is 0.0714. The maximum atomic E-state index is 6.00. The normalized spacial score (nSPS) is 10.3. The summed E-state index contributed by atoms with van der Waals surface area (Å²) in [5.74, 6) is 0. The molecule has 0 aliphatic rings. The predicted molar refractivity (Wildman–Crippen MR) is 72.6 cm³/mol. The van der Waals surface area contributed by atoms with Crippen molar-refractivity contribution in [1.29, 1.82) is 0 Å². The van der Waals surface area contributed by atoms with Crippen LogP contribution >= 0.6 is 22.9 Å². The highest BCUT2D eigenvalue weighted by Crippen LogP contribution is 2.16. The smallest absolute Gasteiger partial charge is 0.226 e. The molecule has 0 saturated carbocycles. The minimum atomic E-state index is 0. The number of rotatable bonds is 2. The first-order valence-corrected chi connectivity index (χ1v) is 6.69. The third-order valence-electron chi connectivity index (χ3n) is 2.72. The molecule has 3 aromatic rings. The quantitative estimate of drug-likeness (QED) is 0.610. The van der Waals surface area contributed by atoms with Crippen LogP contribution in [-0.2, 0) is 6.54 Å². The van der Waals surface area contributed by atoms with Crippen molar-refractivity contribution in [2.24, 2.45) is 0 Å². The Morgan fingerprint density at radius 3 is 2.72 bits per heavy atom. The van der Waals surface area contributed by atoms with Gasteiger partial charge in [-0.3, -0.25) is 0 Å². The van der Waals surface area contributed by atoms with E-state index in [0.717, 1.165) is 11.6 Å². The van der Waals surface area contributed by atoms with Crippen molar-refractivity contribution in [3.63, 3.8) is 0 Å². The van der Waals surface area contributed by atoms with E-state index in [9.17, 15) is 0 Å². The standard InChI is InChI=1S/C14H11ClNS.BrH/c15-12-5-3-4-11(8-12)9-16-10-17-14-7-2-1-6-13(14)16;/h1-8,10H,9H2;1H/q+1;/p-1. The molecule has 0 bridgehead atoms. The van der Waals surface area contributed by atoms with Crippen LogP contribution in [0.2, 0.25) is 5.02 Å². The summed E-state index contributed by atoms with van der Waals surface area (Å²) in [5.41, 5.74) is 4.66. The average Bonchev–Trinajstić information content (AvgIpc) is 2.73. The van der Waals surface area contributed by atoms with E-state index in [2.05, 4.69) is 40.4 Å². The van der Waals surface area contributed by atoms with E-state index in [0.29, 0.717) is 0 Å². The van der Waals surface area contributed by atoms with Crippen molar-refractivity contribution in [3.05, 3.63) is 64.6 Å². The molecule has 0 aliphatic carbocycles. The van der Waals surface area contributed by atoms with E-state index in [-0.39, 0.29) is 17.0 Å². The van der Waals surface area contributed by atoms with Crippen LogP contribution in [0.4, 0.5) is 0 Å². The fourth-order valence-electron chi connectivity index (χ4n) is 1.93. The van der Waals surface area contributed by atoms with Crippen molar-refractivity contribution in [2.45, 2.75) is 6.54 Å². The summed E-state index contributed by atoms with van der Waals surface area (Å²) in [7, 11) is 0. The number of halogens is 2. The Morgan fingerprint density at radius 2 is 1.89 bits per heavy atom. The van der Waals surface area contributed by atoms with Gasteiger partial charge >= 0.3 is 0 Å². The van der Waals surface area contributed by atoms with Crippen LogP contribution in [0.15, 0.2) is 54.0 Å². The van der Waals surface area contributed by atoms with Gasteiger partial charge in [-0.1, -0.05) is 47.2 Å². The molecule has 0 aliphatic heterocycles. The molecule has 2 aromatic carbocycles. The molecule has 1 aromatic heterocycles. The molecule has 0 N–H and O–H groups in total. The molecule has 1 nitrogen and oxygen atoms in total. The van der Waals surface area contributed by atoms with Crippen molar-refractivity contribution >= 4 is 33.2 Å². The average molecular weight is 341 g/mol. The van der Waals surface area contributed by atoms with Gasteiger partial charge in [0.05, 0.1) is 0 Å². The molecular formula is C14H11BrClNS. The van der Waals surface area contributed by atoms with E-state index < -0.39 is 0 Å². The SMILES string of the molecule is Clc1cccc(C[n+]2csc3ccccc32)c1.[Br-]. The van der Waals surface area contributed by atoms with Gasteiger partial charge in [0.1, 0.15) is 4.70 Å². The monoisotopic (exact) mass is 339 g/mol. The molecule has 0 fully saturated rings. The highest BCUT2D eigenvalue weighted by Gasteiger charge is 2.11. The second kappa shape index (κ2) is 5.83. The zero-order valence-electron chi connectivity index (χ0n) is 9.51. The molecule has 0 spiro atoms. The minimum absolute atomic E-state index is 0. The summed E-state index contributed by atoms with van der Waals surface area (Å²) < 4.78 is 3.57. The van der Waals surface area contributed by atoms with E-state index in [1.165, 1.54) is 15.8 Å². The second-order valence-corrected chi connectivity index (χ2v) is 5.27. The van der Waals surface area contributed by atoms with Gasteiger partial charge in [0.15, 0.2) is 6.54 Å². The van der Waals surface area contributed by atoms with Crippen molar-refractivity contribution in [3.8, 4) is 0 Å². The largest absolute Gasteiger partial charge is 1.00 e. The van der Waals surface area contributed by atoms with E-state index in [1.54, 1.807) is 11.3 Å². The summed E-state index contributed by atoms with van der Waals surface area (Å²) >= 11 is 7.76. The van der Waals surface area contributed by atoms with Gasteiger partial charge in [0.2, 0.25) is 11.0 Å². The molecule has 0 unspecified atom stereocenters. The summed E-state index contributed by atoms with van der Waals surface area (Å²) in [6.45, 7) is 0.866. The lowest BCUT2D eigenvalue weighted by atomic mass is 10.2. The number of benzene rings is 2. The first kappa shape index (κ1) is 13.5. The van der Waals surface area contributed by atoms with Crippen LogP contribution in [0, 0.1) is 0 Å². The van der Waals surface area contributed by atoms with Gasteiger partial charge in [0, 0.05) is 16.7 Å². The van der Waals surface area contributed by atoms with Gasteiger partial charge in [-0.15, -0.1) is 0 Å². The highest BCUT2D eigenvalue weighted by molar-refractivity contribution is 7.16. The first-order valence-electron chi connectivity index (χ1n) is 5.43. The summed E-state index contributed by atoms with van der Waals surface area (Å²) in [6, 6.07) is 16.5. The Balaban J connectivity index is 0.00000120. The molecule has 0 radical (unpaired) electrons. The van der Waals surface area contributed by atoms with Gasteiger partial charge in [-0.25, -0.2) is 0 Å². The number of thiazole rings is 1. The van der Waals surface area contributed by atoms with Crippen LogP contribution in [0.5, 0.6) is 0 Å².